The van der Waals surface area contributed by atoms with E-state index >= 15 is 0 Å². The van der Waals surface area contributed by atoms with Crippen LogP contribution in [0.4, 0.5) is 0 Å². The van der Waals surface area contributed by atoms with Crippen LogP contribution in [0.1, 0.15) is 39.6 Å². The molecule has 0 radical (unpaired) electrons. The molecule has 2 aromatic carbocycles. The minimum absolute atomic E-state index is 0.124. The molecule has 10 heteroatoms. The van der Waals surface area contributed by atoms with Crippen molar-refractivity contribution < 1.29 is 43.5 Å². The number of rotatable bonds is 12. The smallest absolute Gasteiger partial charge is 0.348 e. The second-order valence-corrected chi connectivity index (χ2v) is 7.53. The summed E-state index contributed by atoms with van der Waals surface area (Å²) in [5.74, 6) is -1.73. The predicted molar refractivity (Wildman–Crippen MR) is 127 cm³/mol. The highest BCUT2D eigenvalue weighted by atomic mass is 16.6. The molecular formula is C26H27NO9. The van der Waals surface area contributed by atoms with E-state index in [9.17, 15) is 29.9 Å². The van der Waals surface area contributed by atoms with E-state index in [0.29, 0.717) is 17.7 Å². The van der Waals surface area contributed by atoms with Crippen LogP contribution < -0.4 is 4.74 Å². The molecule has 36 heavy (non-hydrogen) atoms. The van der Waals surface area contributed by atoms with Crippen molar-refractivity contribution in [2.24, 2.45) is 0 Å². The third-order valence-corrected chi connectivity index (χ3v) is 4.82. The Balaban J connectivity index is 1.81. The van der Waals surface area contributed by atoms with Gasteiger partial charge in [0, 0.05) is 0 Å². The lowest BCUT2D eigenvalue weighted by Gasteiger charge is -2.12. The lowest BCUT2D eigenvalue weighted by Crippen LogP contribution is -2.25. The number of carbonyl (C=O) groups is 3. The second kappa shape index (κ2) is 14.3. The van der Waals surface area contributed by atoms with Crippen molar-refractivity contribution >= 4 is 24.0 Å². The van der Waals surface area contributed by atoms with Gasteiger partial charge in [0.1, 0.15) is 43.3 Å². The van der Waals surface area contributed by atoms with Crippen LogP contribution in [-0.2, 0) is 19.0 Å². The molecule has 0 bridgehead atoms. The van der Waals surface area contributed by atoms with Crippen LogP contribution in [0, 0.1) is 11.3 Å². The molecule has 0 saturated heterocycles. The number of carbonyl (C=O) groups excluding carboxylic acids is 3. The maximum atomic E-state index is 12.2. The minimum atomic E-state index is -1.32. The van der Waals surface area contributed by atoms with E-state index in [2.05, 4.69) is 0 Å². The van der Waals surface area contributed by atoms with Gasteiger partial charge in [-0.2, -0.15) is 5.26 Å². The highest BCUT2D eigenvalue weighted by molar-refractivity contribution is 5.98. The number of nitrogens with zero attached hydrogens (tertiary/aromatic N) is 1. The zero-order valence-corrected chi connectivity index (χ0v) is 19.9. The third kappa shape index (κ3) is 8.87. The maximum Gasteiger partial charge on any atom is 0.348 e. The molecule has 2 atom stereocenters. The number of aliphatic hydroxyl groups excluding tert-OH is 2. The molecule has 2 aromatic rings. The van der Waals surface area contributed by atoms with Gasteiger partial charge >= 0.3 is 17.9 Å². The maximum absolute atomic E-state index is 12.2. The first kappa shape index (κ1) is 28.0. The van der Waals surface area contributed by atoms with E-state index in [1.165, 1.54) is 37.5 Å². The summed E-state index contributed by atoms with van der Waals surface area (Å²) < 4.78 is 19.9. The Labute approximate surface area is 208 Å². The number of benzene rings is 2. The first-order valence-corrected chi connectivity index (χ1v) is 11.0. The average Bonchev–Trinajstić information content (AvgIpc) is 2.91. The largest absolute Gasteiger partial charge is 0.497 e. The fourth-order valence-electron chi connectivity index (χ4n) is 2.67. The SMILES string of the molecule is CCC(O)COC(=O)c1ccc(C(=O)OCC(O)COC(=O)/C(C#N)=C/c2ccc(OC)cc2)cc1. The first-order valence-electron chi connectivity index (χ1n) is 11.0. The molecule has 0 fully saturated rings. The second-order valence-electron chi connectivity index (χ2n) is 7.53. The van der Waals surface area contributed by atoms with E-state index in [0.717, 1.165) is 0 Å². The Kier molecular flexibility index (Phi) is 11.1. The van der Waals surface area contributed by atoms with Gasteiger partial charge in [0.2, 0.25) is 0 Å². The van der Waals surface area contributed by atoms with Crippen molar-refractivity contribution in [2.45, 2.75) is 25.6 Å². The Morgan fingerprint density at radius 3 is 1.83 bits per heavy atom. The molecule has 0 aromatic heterocycles. The Morgan fingerprint density at radius 2 is 1.36 bits per heavy atom. The average molecular weight is 498 g/mol. The molecule has 0 amide bonds. The highest BCUT2D eigenvalue weighted by Gasteiger charge is 2.17. The zero-order valence-electron chi connectivity index (χ0n) is 19.9. The van der Waals surface area contributed by atoms with Crippen LogP contribution in [-0.4, -0.2) is 67.3 Å². The number of esters is 3. The van der Waals surface area contributed by atoms with Crippen molar-refractivity contribution in [3.05, 3.63) is 70.8 Å². The van der Waals surface area contributed by atoms with Gasteiger partial charge in [0.25, 0.3) is 0 Å². The fraction of sp³-hybridized carbons (Fsp3) is 0.308. The summed E-state index contributed by atoms with van der Waals surface area (Å²) in [6, 6.07) is 13.8. The van der Waals surface area contributed by atoms with E-state index in [-0.39, 0.29) is 23.3 Å². The van der Waals surface area contributed by atoms with E-state index in [1.54, 1.807) is 37.3 Å². The van der Waals surface area contributed by atoms with Crippen molar-refractivity contribution in [2.75, 3.05) is 26.9 Å². The molecule has 2 unspecified atom stereocenters. The van der Waals surface area contributed by atoms with Crippen LogP contribution >= 0.6 is 0 Å². The van der Waals surface area contributed by atoms with Crippen LogP contribution in [0.5, 0.6) is 5.75 Å². The molecule has 0 aliphatic heterocycles. The summed E-state index contributed by atoms with van der Waals surface area (Å²) >= 11 is 0. The van der Waals surface area contributed by atoms with Crippen molar-refractivity contribution in [1.29, 1.82) is 5.26 Å². The summed E-state index contributed by atoms with van der Waals surface area (Å²) in [6.45, 7) is 0.663. The summed E-state index contributed by atoms with van der Waals surface area (Å²) in [5.41, 5.74) is 0.625. The summed E-state index contributed by atoms with van der Waals surface area (Å²) in [6.07, 6.45) is -0.286. The molecule has 0 saturated carbocycles. The first-order chi connectivity index (χ1) is 17.3. The molecule has 0 aliphatic rings. The predicted octanol–water partition coefficient (Wildman–Crippen LogP) is 2.29. The third-order valence-electron chi connectivity index (χ3n) is 4.82. The van der Waals surface area contributed by atoms with Crippen molar-refractivity contribution in [3.8, 4) is 11.8 Å². The standard InChI is InChI=1S/C26H27NO9/c1-3-21(28)14-34-24(30)18-6-8-19(9-7-18)25(31)35-15-22(29)16-36-26(32)20(13-27)12-17-4-10-23(33-2)11-5-17/h4-12,21-22,28-29H,3,14-16H2,1-2H3/b20-12+. The lowest BCUT2D eigenvalue weighted by atomic mass is 10.1. The van der Waals surface area contributed by atoms with Gasteiger partial charge in [-0.25, -0.2) is 14.4 Å². The number of hydrogen-bond acceptors (Lipinski definition) is 10. The summed E-state index contributed by atoms with van der Waals surface area (Å²) in [4.78, 5) is 36.3. The topological polar surface area (TPSA) is 152 Å². The van der Waals surface area contributed by atoms with Gasteiger partial charge in [-0.05, 0) is 54.5 Å². The number of hydrogen-bond donors (Lipinski definition) is 2. The summed E-state index contributed by atoms with van der Waals surface area (Å²) in [5, 5.41) is 28.7. The molecule has 10 nitrogen and oxygen atoms in total. The highest BCUT2D eigenvalue weighted by Crippen LogP contribution is 2.14. The van der Waals surface area contributed by atoms with Crippen LogP contribution in [0.2, 0.25) is 0 Å². The van der Waals surface area contributed by atoms with Gasteiger partial charge in [0.05, 0.1) is 24.3 Å². The van der Waals surface area contributed by atoms with Gasteiger partial charge in [-0.15, -0.1) is 0 Å². The van der Waals surface area contributed by atoms with E-state index in [4.69, 9.17) is 18.9 Å². The number of nitriles is 1. The lowest BCUT2D eigenvalue weighted by molar-refractivity contribution is -0.142. The Bertz CT molecular complexity index is 1100. The van der Waals surface area contributed by atoms with Gasteiger partial charge in [-0.1, -0.05) is 19.1 Å². The number of methoxy groups -OCH3 is 1. The van der Waals surface area contributed by atoms with Crippen molar-refractivity contribution in [3.63, 3.8) is 0 Å². The number of ether oxygens (including phenoxy) is 4. The zero-order chi connectivity index (χ0) is 26.5. The normalized spacial score (nSPS) is 12.6. The van der Waals surface area contributed by atoms with Crippen LogP contribution in [0.3, 0.4) is 0 Å². The van der Waals surface area contributed by atoms with Crippen molar-refractivity contribution in [1.82, 2.24) is 0 Å². The quantitative estimate of drug-likeness (QED) is 0.193. The molecule has 0 spiro atoms. The van der Waals surface area contributed by atoms with Crippen LogP contribution in [0.15, 0.2) is 54.1 Å². The molecule has 2 N–H and O–H groups in total. The van der Waals surface area contributed by atoms with Gasteiger partial charge in [-0.3, -0.25) is 0 Å². The van der Waals surface area contributed by atoms with Gasteiger partial charge < -0.3 is 29.2 Å². The molecule has 0 aliphatic carbocycles. The van der Waals surface area contributed by atoms with E-state index in [1.807, 2.05) is 0 Å². The Hall–Kier alpha value is -4.20. The van der Waals surface area contributed by atoms with Crippen LogP contribution in [0.25, 0.3) is 6.08 Å². The fourth-order valence-corrected chi connectivity index (χ4v) is 2.67. The Morgan fingerprint density at radius 1 is 0.861 bits per heavy atom. The monoisotopic (exact) mass is 497 g/mol. The molecular weight excluding hydrogens is 470 g/mol. The number of aliphatic hydroxyl groups is 2. The summed E-state index contributed by atoms with van der Waals surface area (Å²) in [7, 11) is 1.52. The van der Waals surface area contributed by atoms with Gasteiger partial charge in [0.15, 0.2) is 0 Å². The molecule has 0 heterocycles. The molecule has 190 valence electrons. The molecule has 2 rings (SSSR count). The minimum Gasteiger partial charge on any atom is -0.497 e. The van der Waals surface area contributed by atoms with E-state index < -0.39 is 43.3 Å².